The second kappa shape index (κ2) is 5.88. The lowest BCUT2D eigenvalue weighted by molar-refractivity contribution is 0.607. The fraction of sp³-hybridized carbons (Fsp3) is 0.333. The molecule has 3 nitrogen and oxygen atoms in total. The van der Waals surface area contributed by atoms with Crippen LogP contribution < -0.4 is 4.72 Å². The fourth-order valence-electron chi connectivity index (χ4n) is 0.744. The molecule has 5 heteroatoms. The summed E-state index contributed by atoms with van der Waals surface area (Å²) in [4.78, 5) is 0. The molecule has 0 aliphatic carbocycles. The van der Waals surface area contributed by atoms with Crippen molar-refractivity contribution in [2.24, 2.45) is 0 Å². The van der Waals surface area contributed by atoms with Crippen LogP contribution in [0.5, 0.6) is 0 Å². The van der Waals surface area contributed by atoms with Gasteiger partial charge in [-0.2, -0.15) is 0 Å². The first kappa shape index (κ1) is 13.3. The van der Waals surface area contributed by atoms with Gasteiger partial charge in [0.25, 0.3) is 0 Å². The van der Waals surface area contributed by atoms with E-state index in [0.717, 1.165) is 6.26 Å². The van der Waals surface area contributed by atoms with E-state index >= 15 is 0 Å². The molecule has 0 saturated heterocycles. The number of hydrogen-bond acceptors (Lipinski definition) is 2. The summed E-state index contributed by atoms with van der Waals surface area (Å²) >= 11 is 5.70. The van der Waals surface area contributed by atoms with E-state index in [1.54, 1.807) is 24.3 Å². The maximum atomic E-state index is 10.8. The Morgan fingerprint density at radius 3 is 2.14 bits per heavy atom. The molecule has 0 aromatic heterocycles. The second-order valence-electron chi connectivity index (χ2n) is 2.35. The van der Waals surface area contributed by atoms with Crippen LogP contribution in [0.2, 0.25) is 5.02 Å². The van der Waals surface area contributed by atoms with Crippen molar-refractivity contribution in [1.82, 2.24) is 0 Å². The summed E-state index contributed by atoms with van der Waals surface area (Å²) in [5.74, 6) is 0. The van der Waals surface area contributed by atoms with E-state index in [1.165, 1.54) is 0 Å². The van der Waals surface area contributed by atoms with E-state index in [9.17, 15) is 8.42 Å². The van der Waals surface area contributed by atoms with E-state index in [-0.39, 0.29) is 0 Å². The molecule has 0 amide bonds. The zero-order valence-electron chi connectivity index (χ0n) is 8.41. The van der Waals surface area contributed by atoms with Crippen molar-refractivity contribution in [1.29, 1.82) is 0 Å². The first-order valence-electron chi connectivity index (χ1n) is 4.21. The summed E-state index contributed by atoms with van der Waals surface area (Å²) in [7, 11) is -3.23. The van der Waals surface area contributed by atoms with E-state index in [1.807, 2.05) is 13.8 Å². The van der Waals surface area contributed by atoms with Crippen LogP contribution in [-0.2, 0) is 10.0 Å². The van der Waals surface area contributed by atoms with Crippen molar-refractivity contribution < 1.29 is 8.42 Å². The molecule has 0 unspecified atom stereocenters. The summed E-state index contributed by atoms with van der Waals surface area (Å²) < 4.78 is 23.9. The maximum absolute atomic E-state index is 10.8. The lowest BCUT2D eigenvalue weighted by Gasteiger charge is -2.04. The molecule has 80 valence electrons. The van der Waals surface area contributed by atoms with E-state index < -0.39 is 10.0 Å². The quantitative estimate of drug-likeness (QED) is 0.857. The Morgan fingerprint density at radius 2 is 1.71 bits per heavy atom. The van der Waals surface area contributed by atoms with Gasteiger partial charge in [0.1, 0.15) is 0 Å². The predicted octanol–water partition coefficient (Wildman–Crippen LogP) is 2.74. The van der Waals surface area contributed by atoms with Crippen LogP contribution in [0.4, 0.5) is 5.69 Å². The number of anilines is 1. The highest BCUT2D eigenvalue weighted by Gasteiger charge is 2.03. The highest BCUT2D eigenvalue weighted by atomic mass is 35.5. The third kappa shape index (κ3) is 5.09. The molecule has 0 bridgehead atoms. The summed E-state index contributed by atoms with van der Waals surface area (Å²) in [6.45, 7) is 4.00. The number of sulfonamides is 1. The summed E-state index contributed by atoms with van der Waals surface area (Å²) in [6.07, 6.45) is 1.08. The van der Waals surface area contributed by atoms with Gasteiger partial charge >= 0.3 is 0 Å². The minimum absolute atomic E-state index is 0.392. The molecule has 0 aliphatic rings. The van der Waals surface area contributed by atoms with Gasteiger partial charge < -0.3 is 0 Å². The summed E-state index contributed by atoms with van der Waals surface area (Å²) in [6, 6.07) is 6.66. The molecule has 1 rings (SSSR count). The number of rotatable bonds is 2. The van der Waals surface area contributed by atoms with Crippen LogP contribution in [0.3, 0.4) is 0 Å². The van der Waals surface area contributed by atoms with E-state index in [2.05, 4.69) is 4.72 Å². The second-order valence-corrected chi connectivity index (χ2v) is 4.51. The Morgan fingerprint density at radius 1 is 1.21 bits per heavy atom. The third-order valence-corrected chi connectivity index (χ3v) is 2.09. The van der Waals surface area contributed by atoms with Gasteiger partial charge in [-0.1, -0.05) is 37.6 Å². The van der Waals surface area contributed by atoms with Crippen LogP contribution >= 0.6 is 11.6 Å². The first-order valence-corrected chi connectivity index (χ1v) is 6.48. The topological polar surface area (TPSA) is 46.2 Å². The van der Waals surface area contributed by atoms with Crippen LogP contribution in [-0.4, -0.2) is 14.7 Å². The summed E-state index contributed by atoms with van der Waals surface area (Å²) in [5.41, 5.74) is 0.404. The molecule has 1 N–H and O–H groups in total. The zero-order chi connectivity index (χ0) is 11.2. The van der Waals surface area contributed by atoms with Crippen molar-refractivity contribution in [2.75, 3.05) is 11.0 Å². The predicted molar refractivity (Wildman–Crippen MR) is 61.3 cm³/mol. The molecule has 0 aliphatic heterocycles. The molecule has 0 saturated carbocycles. The van der Waals surface area contributed by atoms with Crippen LogP contribution in [0.1, 0.15) is 13.8 Å². The van der Waals surface area contributed by atoms with E-state index in [0.29, 0.717) is 10.7 Å². The monoisotopic (exact) mass is 235 g/mol. The molecule has 14 heavy (non-hydrogen) atoms. The SMILES string of the molecule is CC.CS(=O)(=O)Nc1ccccc1Cl. The molecule has 0 spiro atoms. The molecule has 0 radical (unpaired) electrons. The van der Waals surface area contributed by atoms with Crippen molar-refractivity contribution in [3.05, 3.63) is 29.3 Å². The van der Waals surface area contributed by atoms with Gasteiger partial charge in [0, 0.05) is 0 Å². The summed E-state index contributed by atoms with van der Waals surface area (Å²) in [5, 5.41) is 0.392. The van der Waals surface area contributed by atoms with Gasteiger partial charge in [-0.25, -0.2) is 8.42 Å². The third-order valence-electron chi connectivity index (χ3n) is 1.17. The number of nitrogens with one attached hydrogen (secondary N) is 1. The number of para-hydroxylation sites is 1. The minimum Gasteiger partial charge on any atom is -0.282 e. The molecular formula is C9H14ClNO2S. The molecule has 0 heterocycles. The van der Waals surface area contributed by atoms with Crippen molar-refractivity contribution in [3.63, 3.8) is 0 Å². The van der Waals surface area contributed by atoms with Gasteiger partial charge in [0.15, 0.2) is 0 Å². The highest BCUT2D eigenvalue weighted by molar-refractivity contribution is 7.92. The Bertz CT molecular complexity index is 376. The van der Waals surface area contributed by atoms with Gasteiger partial charge in [-0.15, -0.1) is 0 Å². The average molecular weight is 236 g/mol. The smallest absolute Gasteiger partial charge is 0.229 e. The Labute approximate surface area is 90.1 Å². The Balaban J connectivity index is 0.000000791. The maximum Gasteiger partial charge on any atom is 0.229 e. The van der Waals surface area contributed by atoms with Gasteiger partial charge in [0.2, 0.25) is 10.0 Å². The average Bonchev–Trinajstić information content (AvgIpc) is 2.10. The van der Waals surface area contributed by atoms with Gasteiger partial charge in [-0.05, 0) is 12.1 Å². The molecule has 0 fully saturated rings. The lowest BCUT2D eigenvalue weighted by Crippen LogP contribution is -2.09. The Kier molecular flexibility index (Phi) is 5.57. The largest absolute Gasteiger partial charge is 0.282 e. The molecule has 1 aromatic rings. The van der Waals surface area contributed by atoms with Crippen molar-refractivity contribution in [2.45, 2.75) is 13.8 Å². The van der Waals surface area contributed by atoms with E-state index in [4.69, 9.17) is 11.6 Å². The van der Waals surface area contributed by atoms with Crippen LogP contribution in [0.15, 0.2) is 24.3 Å². The van der Waals surface area contributed by atoms with Gasteiger partial charge in [-0.3, -0.25) is 4.72 Å². The molecular weight excluding hydrogens is 222 g/mol. The van der Waals surface area contributed by atoms with Crippen molar-refractivity contribution >= 4 is 27.3 Å². The lowest BCUT2D eigenvalue weighted by atomic mass is 10.3. The highest BCUT2D eigenvalue weighted by Crippen LogP contribution is 2.20. The normalized spacial score (nSPS) is 10.0. The number of halogens is 1. The molecule has 0 atom stereocenters. The number of hydrogen-bond donors (Lipinski definition) is 1. The molecule has 1 aromatic carbocycles. The number of benzene rings is 1. The minimum atomic E-state index is -3.23. The zero-order valence-corrected chi connectivity index (χ0v) is 9.98. The van der Waals surface area contributed by atoms with Crippen molar-refractivity contribution in [3.8, 4) is 0 Å². The van der Waals surface area contributed by atoms with Gasteiger partial charge in [0.05, 0.1) is 17.0 Å². The van der Waals surface area contributed by atoms with Crippen LogP contribution in [0.25, 0.3) is 0 Å². The Hall–Kier alpha value is -0.740. The standard InChI is InChI=1S/C7H8ClNO2S.C2H6/c1-12(10,11)9-7-5-3-2-4-6(7)8;1-2/h2-5,9H,1H3;1-2H3. The van der Waals surface area contributed by atoms with Crippen LogP contribution in [0, 0.1) is 0 Å². The fourth-order valence-corrected chi connectivity index (χ4v) is 1.56. The first-order chi connectivity index (χ1) is 6.49.